The normalized spacial score (nSPS) is 18.7. The number of fused-ring (bicyclic) bond motifs is 1. The molecule has 2 heterocycles. The van der Waals surface area contributed by atoms with Crippen LogP contribution < -0.4 is 0 Å². The molecule has 2 aromatic rings. The van der Waals surface area contributed by atoms with E-state index in [1.165, 1.54) is 11.8 Å². The second-order valence-electron chi connectivity index (χ2n) is 4.85. The molecule has 3 rings (SSSR count). The van der Waals surface area contributed by atoms with Gasteiger partial charge in [-0.05, 0) is 17.5 Å². The molecule has 0 bridgehead atoms. The van der Waals surface area contributed by atoms with E-state index in [0.717, 1.165) is 12.0 Å². The molecule has 1 unspecified atom stereocenters. The Morgan fingerprint density at radius 1 is 1.25 bits per heavy atom. The zero-order valence-electron chi connectivity index (χ0n) is 10.9. The Bertz CT molecular complexity index is 679. The summed E-state index contributed by atoms with van der Waals surface area (Å²) in [7, 11) is -3.29. The highest BCUT2D eigenvalue weighted by Gasteiger charge is 2.26. The maximum Gasteiger partial charge on any atom is 0.159 e. The molecule has 0 amide bonds. The van der Waals surface area contributed by atoms with Gasteiger partial charge in [0.1, 0.15) is 6.26 Å². The molecule has 20 heavy (non-hydrogen) atoms. The van der Waals surface area contributed by atoms with Gasteiger partial charge >= 0.3 is 0 Å². The van der Waals surface area contributed by atoms with E-state index in [-0.39, 0.29) is 11.5 Å². The third-order valence-electron chi connectivity index (χ3n) is 3.36. The zero-order valence-corrected chi connectivity index (χ0v) is 11.7. The molecule has 1 aromatic carbocycles. The summed E-state index contributed by atoms with van der Waals surface area (Å²) in [5.41, 5.74) is 2.57. The van der Waals surface area contributed by atoms with Crippen molar-refractivity contribution in [2.75, 3.05) is 12.4 Å². The van der Waals surface area contributed by atoms with Gasteiger partial charge in [0, 0.05) is 6.07 Å². The smallest absolute Gasteiger partial charge is 0.159 e. The molecule has 0 saturated carbocycles. The first-order valence-electron chi connectivity index (χ1n) is 6.43. The Hall–Kier alpha value is -1.66. The van der Waals surface area contributed by atoms with Crippen LogP contribution in [0, 0.1) is 0 Å². The van der Waals surface area contributed by atoms with Crippen LogP contribution in [0.2, 0.25) is 0 Å². The maximum atomic E-state index is 12.2. The monoisotopic (exact) mass is 293 g/mol. The number of hydrogen-bond acceptors (Lipinski definition) is 5. The topological polar surface area (TPSA) is 69.4 Å². The SMILES string of the molecule is O=S(=O)(Cc1ccon1)CC1OCCc2ccccc21. The first-order chi connectivity index (χ1) is 9.64. The van der Waals surface area contributed by atoms with E-state index in [1.807, 2.05) is 24.3 Å². The van der Waals surface area contributed by atoms with Gasteiger partial charge in [-0.15, -0.1) is 0 Å². The number of rotatable bonds is 4. The molecule has 0 radical (unpaired) electrons. The Morgan fingerprint density at radius 2 is 2.10 bits per heavy atom. The van der Waals surface area contributed by atoms with E-state index in [4.69, 9.17) is 4.74 Å². The van der Waals surface area contributed by atoms with Crippen molar-refractivity contribution in [3.63, 3.8) is 0 Å². The third-order valence-corrected chi connectivity index (χ3v) is 4.90. The number of benzene rings is 1. The van der Waals surface area contributed by atoms with Crippen LogP contribution in [-0.4, -0.2) is 25.9 Å². The lowest BCUT2D eigenvalue weighted by Crippen LogP contribution is -2.24. The standard InChI is InChI=1S/C14H15NO4S/c16-20(17,9-12-6-8-19-15-12)10-14-13-4-2-1-3-11(13)5-7-18-14/h1-4,6,8,14H,5,7,9-10H2. The zero-order chi connectivity index (χ0) is 14.0. The lowest BCUT2D eigenvalue weighted by molar-refractivity contribution is 0.0576. The molecule has 0 N–H and O–H groups in total. The fourth-order valence-corrected chi connectivity index (χ4v) is 3.90. The summed E-state index contributed by atoms with van der Waals surface area (Å²) in [6, 6.07) is 9.39. The minimum absolute atomic E-state index is 0.0309. The van der Waals surface area contributed by atoms with Crippen LogP contribution in [0.15, 0.2) is 41.1 Å². The molecule has 5 nitrogen and oxygen atoms in total. The summed E-state index contributed by atoms with van der Waals surface area (Å²) < 4.78 is 34.7. The van der Waals surface area contributed by atoms with E-state index in [2.05, 4.69) is 9.68 Å². The molecule has 1 aliphatic rings. The highest BCUT2D eigenvalue weighted by Crippen LogP contribution is 2.28. The van der Waals surface area contributed by atoms with Crippen LogP contribution in [0.3, 0.4) is 0 Å². The van der Waals surface area contributed by atoms with Crippen molar-refractivity contribution in [3.8, 4) is 0 Å². The lowest BCUT2D eigenvalue weighted by atomic mass is 9.99. The van der Waals surface area contributed by atoms with E-state index < -0.39 is 15.9 Å². The van der Waals surface area contributed by atoms with Crippen molar-refractivity contribution in [3.05, 3.63) is 53.4 Å². The molecule has 0 aliphatic carbocycles. The highest BCUT2D eigenvalue weighted by molar-refractivity contribution is 7.90. The molecule has 0 saturated heterocycles. The van der Waals surface area contributed by atoms with Crippen LogP contribution >= 0.6 is 0 Å². The van der Waals surface area contributed by atoms with Crippen LogP contribution in [0.1, 0.15) is 22.9 Å². The van der Waals surface area contributed by atoms with E-state index in [9.17, 15) is 8.42 Å². The summed E-state index contributed by atoms with van der Waals surface area (Å²) >= 11 is 0. The molecule has 0 fully saturated rings. The fraction of sp³-hybridized carbons (Fsp3) is 0.357. The van der Waals surface area contributed by atoms with Gasteiger partial charge in [-0.3, -0.25) is 0 Å². The van der Waals surface area contributed by atoms with Gasteiger partial charge < -0.3 is 9.26 Å². The lowest BCUT2D eigenvalue weighted by Gasteiger charge is -2.25. The van der Waals surface area contributed by atoms with Crippen molar-refractivity contribution in [1.29, 1.82) is 0 Å². The molecule has 1 aromatic heterocycles. The second kappa shape index (κ2) is 5.38. The third kappa shape index (κ3) is 2.91. The summed E-state index contributed by atoms with van der Waals surface area (Å²) in [6.07, 6.45) is 1.81. The van der Waals surface area contributed by atoms with Crippen LogP contribution in [0.25, 0.3) is 0 Å². The molecule has 1 aliphatic heterocycles. The molecule has 106 valence electrons. The molecule has 0 spiro atoms. The summed E-state index contributed by atoms with van der Waals surface area (Å²) in [4.78, 5) is 0. The van der Waals surface area contributed by atoms with Gasteiger partial charge in [0.15, 0.2) is 9.84 Å². The van der Waals surface area contributed by atoms with Crippen molar-refractivity contribution < 1.29 is 17.7 Å². The van der Waals surface area contributed by atoms with Gasteiger partial charge in [-0.1, -0.05) is 29.4 Å². The highest BCUT2D eigenvalue weighted by atomic mass is 32.2. The number of ether oxygens (including phenoxy) is 1. The van der Waals surface area contributed by atoms with E-state index >= 15 is 0 Å². The van der Waals surface area contributed by atoms with Gasteiger partial charge in [0.25, 0.3) is 0 Å². The van der Waals surface area contributed by atoms with Gasteiger partial charge in [-0.25, -0.2) is 8.42 Å². The van der Waals surface area contributed by atoms with Crippen molar-refractivity contribution in [2.45, 2.75) is 18.3 Å². The molecule has 6 heteroatoms. The number of nitrogens with zero attached hydrogens (tertiary/aromatic N) is 1. The molecular formula is C14H15NO4S. The number of sulfone groups is 1. The maximum absolute atomic E-state index is 12.2. The van der Waals surface area contributed by atoms with Crippen LogP contribution in [0.4, 0.5) is 0 Å². The summed E-state index contributed by atoms with van der Waals surface area (Å²) in [5, 5.41) is 3.64. The summed E-state index contributed by atoms with van der Waals surface area (Å²) in [6.45, 7) is 0.557. The minimum Gasteiger partial charge on any atom is -0.372 e. The second-order valence-corrected chi connectivity index (χ2v) is 6.96. The van der Waals surface area contributed by atoms with Crippen LogP contribution in [0.5, 0.6) is 0 Å². The predicted molar refractivity (Wildman–Crippen MR) is 72.8 cm³/mol. The Morgan fingerprint density at radius 3 is 2.90 bits per heavy atom. The van der Waals surface area contributed by atoms with Crippen molar-refractivity contribution in [2.24, 2.45) is 0 Å². The van der Waals surface area contributed by atoms with Gasteiger partial charge in [0.2, 0.25) is 0 Å². The Kier molecular flexibility index (Phi) is 3.58. The Labute approximate surface area is 117 Å². The predicted octanol–water partition coefficient (Wildman–Crippen LogP) is 1.90. The number of aromatic nitrogens is 1. The van der Waals surface area contributed by atoms with Crippen molar-refractivity contribution >= 4 is 9.84 Å². The first-order valence-corrected chi connectivity index (χ1v) is 8.25. The van der Waals surface area contributed by atoms with Crippen molar-refractivity contribution in [1.82, 2.24) is 5.16 Å². The van der Waals surface area contributed by atoms with E-state index in [1.54, 1.807) is 6.07 Å². The van der Waals surface area contributed by atoms with Gasteiger partial charge in [-0.2, -0.15) is 0 Å². The quantitative estimate of drug-likeness (QED) is 0.861. The van der Waals surface area contributed by atoms with E-state index in [0.29, 0.717) is 12.3 Å². The minimum atomic E-state index is -3.29. The fourth-order valence-electron chi connectivity index (χ4n) is 2.44. The first kappa shape index (κ1) is 13.3. The molecule has 1 atom stereocenters. The number of hydrogen-bond donors (Lipinski definition) is 0. The van der Waals surface area contributed by atoms with Gasteiger partial charge in [0.05, 0.1) is 29.9 Å². The summed E-state index contributed by atoms with van der Waals surface area (Å²) in [5.74, 6) is -0.150. The van der Waals surface area contributed by atoms with Crippen LogP contribution in [-0.2, 0) is 26.7 Å². The molecular weight excluding hydrogens is 278 g/mol. The Balaban J connectivity index is 1.78. The average molecular weight is 293 g/mol. The largest absolute Gasteiger partial charge is 0.372 e. The average Bonchev–Trinajstić information content (AvgIpc) is 2.91.